The zero-order chi connectivity index (χ0) is 13.1. The van der Waals surface area contributed by atoms with Crippen molar-refractivity contribution in [2.45, 2.75) is 30.8 Å². The summed E-state index contributed by atoms with van der Waals surface area (Å²) in [6.07, 6.45) is 4.84. The molecular weight excluding hydrogens is 254 g/mol. The zero-order valence-corrected chi connectivity index (χ0v) is 11.8. The van der Waals surface area contributed by atoms with Gasteiger partial charge in [-0.05, 0) is 30.7 Å². The Balaban J connectivity index is 1.69. The van der Waals surface area contributed by atoms with Gasteiger partial charge in [-0.2, -0.15) is 0 Å². The molecule has 1 N–H and O–H groups in total. The Hall–Kier alpha value is -1.39. The van der Waals surface area contributed by atoms with Crippen LogP contribution in [-0.2, 0) is 6.54 Å². The van der Waals surface area contributed by atoms with Gasteiger partial charge in [-0.3, -0.25) is 9.97 Å². The molecule has 0 bridgehead atoms. The summed E-state index contributed by atoms with van der Waals surface area (Å²) in [6, 6.07) is 9.09. The van der Waals surface area contributed by atoms with Crippen molar-refractivity contribution in [3.05, 3.63) is 53.6 Å². The van der Waals surface area contributed by atoms with Crippen LogP contribution < -0.4 is 5.32 Å². The van der Waals surface area contributed by atoms with Crippen LogP contribution >= 0.6 is 11.8 Å². The molecule has 1 aromatic carbocycles. The van der Waals surface area contributed by atoms with Gasteiger partial charge in [0.25, 0.3) is 0 Å². The molecular formula is C15H17N3S. The van der Waals surface area contributed by atoms with Gasteiger partial charge in [-0.1, -0.05) is 18.2 Å². The van der Waals surface area contributed by atoms with Gasteiger partial charge in [0.15, 0.2) is 0 Å². The Bertz CT molecular complexity index is 554. The van der Waals surface area contributed by atoms with Crippen LogP contribution in [0.1, 0.15) is 29.4 Å². The zero-order valence-electron chi connectivity index (χ0n) is 11.0. The van der Waals surface area contributed by atoms with Crippen molar-refractivity contribution in [1.29, 1.82) is 0 Å². The Morgan fingerprint density at radius 1 is 1.26 bits per heavy atom. The first kappa shape index (κ1) is 12.6. The van der Waals surface area contributed by atoms with Crippen LogP contribution in [0, 0.1) is 6.92 Å². The number of aryl methyl sites for hydroxylation is 1. The van der Waals surface area contributed by atoms with Gasteiger partial charge < -0.3 is 5.32 Å². The molecule has 1 aliphatic heterocycles. The van der Waals surface area contributed by atoms with Crippen LogP contribution in [0.3, 0.4) is 0 Å². The van der Waals surface area contributed by atoms with Gasteiger partial charge in [0.05, 0.1) is 11.4 Å². The normalized spacial score (nSPS) is 18.1. The van der Waals surface area contributed by atoms with Crippen LogP contribution in [-0.4, -0.2) is 15.7 Å². The van der Waals surface area contributed by atoms with Gasteiger partial charge in [0.1, 0.15) is 0 Å². The van der Waals surface area contributed by atoms with E-state index in [0.717, 1.165) is 17.9 Å². The molecule has 1 aliphatic rings. The number of nitrogens with one attached hydrogen (secondary N) is 1. The number of aromatic nitrogens is 2. The van der Waals surface area contributed by atoms with Crippen molar-refractivity contribution in [3.63, 3.8) is 0 Å². The van der Waals surface area contributed by atoms with Gasteiger partial charge in [0.2, 0.25) is 0 Å². The maximum atomic E-state index is 4.39. The first-order valence-electron chi connectivity index (χ1n) is 6.55. The number of benzene rings is 1. The van der Waals surface area contributed by atoms with Crippen molar-refractivity contribution < 1.29 is 0 Å². The van der Waals surface area contributed by atoms with E-state index in [9.17, 15) is 0 Å². The minimum absolute atomic E-state index is 0.431. The highest BCUT2D eigenvalue weighted by Gasteiger charge is 2.19. The number of fused-ring (bicyclic) bond motifs is 1. The fraction of sp³-hybridized carbons (Fsp3) is 0.333. The van der Waals surface area contributed by atoms with Gasteiger partial charge >= 0.3 is 0 Å². The molecule has 0 aliphatic carbocycles. The van der Waals surface area contributed by atoms with Crippen molar-refractivity contribution in [2.75, 3.05) is 5.75 Å². The standard InChI is InChI=1S/C15H17N3S/c1-11-8-17-12(9-16-11)10-18-14-6-7-19-15-5-3-2-4-13(14)15/h2-5,8-9,14,18H,6-7,10H2,1H3. The second-order valence-corrected chi connectivity index (χ2v) is 5.89. The van der Waals surface area contributed by atoms with Gasteiger partial charge in [-0.15, -0.1) is 11.8 Å². The van der Waals surface area contributed by atoms with E-state index in [4.69, 9.17) is 0 Å². The van der Waals surface area contributed by atoms with Gasteiger partial charge in [-0.25, -0.2) is 0 Å². The maximum Gasteiger partial charge on any atom is 0.0724 e. The number of thioether (sulfide) groups is 1. The highest BCUT2D eigenvalue weighted by molar-refractivity contribution is 7.99. The monoisotopic (exact) mass is 271 g/mol. The minimum atomic E-state index is 0.431. The molecule has 1 aromatic heterocycles. The summed E-state index contributed by atoms with van der Waals surface area (Å²) in [5.41, 5.74) is 3.38. The molecule has 3 rings (SSSR count). The molecule has 0 fully saturated rings. The summed E-state index contributed by atoms with van der Waals surface area (Å²) in [5.74, 6) is 1.17. The second-order valence-electron chi connectivity index (χ2n) is 4.76. The Kier molecular flexibility index (Phi) is 3.80. The molecule has 0 spiro atoms. The number of hydrogen-bond acceptors (Lipinski definition) is 4. The molecule has 19 heavy (non-hydrogen) atoms. The van der Waals surface area contributed by atoms with Gasteiger partial charge in [0, 0.05) is 29.9 Å². The molecule has 2 heterocycles. The summed E-state index contributed by atoms with van der Waals surface area (Å²) < 4.78 is 0. The van der Waals surface area contributed by atoms with Crippen molar-refractivity contribution in [1.82, 2.24) is 15.3 Å². The summed E-state index contributed by atoms with van der Waals surface area (Å²) >= 11 is 1.95. The smallest absolute Gasteiger partial charge is 0.0724 e. The molecule has 98 valence electrons. The van der Waals surface area contributed by atoms with Crippen molar-refractivity contribution >= 4 is 11.8 Å². The Morgan fingerprint density at radius 2 is 2.16 bits per heavy atom. The Morgan fingerprint density at radius 3 is 3.00 bits per heavy atom. The van der Waals surface area contributed by atoms with E-state index in [-0.39, 0.29) is 0 Å². The highest BCUT2D eigenvalue weighted by atomic mass is 32.2. The Labute approximate surface area is 117 Å². The number of nitrogens with zero attached hydrogens (tertiary/aromatic N) is 2. The highest BCUT2D eigenvalue weighted by Crippen LogP contribution is 2.35. The van der Waals surface area contributed by atoms with E-state index in [1.807, 2.05) is 31.1 Å². The van der Waals surface area contributed by atoms with E-state index in [2.05, 4.69) is 39.6 Å². The van der Waals surface area contributed by atoms with Crippen LogP contribution in [0.2, 0.25) is 0 Å². The van der Waals surface area contributed by atoms with Crippen LogP contribution in [0.25, 0.3) is 0 Å². The van der Waals surface area contributed by atoms with E-state index >= 15 is 0 Å². The first-order valence-corrected chi connectivity index (χ1v) is 7.54. The van der Waals surface area contributed by atoms with Crippen molar-refractivity contribution in [3.8, 4) is 0 Å². The van der Waals surface area contributed by atoms with E-state index in [0.29, 0.717) is 6.04 Å². The molecule has 3 nitrogen and oxygen atoms in total. The average molecular weight is 271 g/mol. The predicted octanol–water partition coefficient (Wildman–Crippen LogP) is 3.11. The molecule has 1 unspecified atom stereocenters. The lowest BCUT2D eigenvalue weighted by Gasteiger charge is -2.25. The fourth-order valence-corrected chi connectivity index (χ4v) is 3.42. The SMILES string of the molecule is Cc1cnc(CNC2CCSc3ccccc32)cn1. The topological polar surface area (TPSA) is 37.8 Å². The fourth-order valence-electron chi connectivity index (χ4n) is 2.29. The second kappa shape index (κ2) is 5.72. The van der Waals surface area contributed by atoms with E-state index < -0.39 is 0 Å². The molecule has 0 amide bonds. The van der Waals surface area contributed by atoms with E-state index in [1.165, 1.54) is 22.6 Å². The maximum absolute atomic E-state index is 4.39. The summed E-state index contributed by atoms with van der Waals surface area (Å²) in [6.45, 7) is 2.73. The number of rotatable bonds is 3. The quantitative estimate of drug-likeness (QED) is 0.931. The lowest BCUT2D eigenvalue weighted by molar-refractivity contribution is 0.505. The molecule has 2 aromatic rings. The number of hydrogen-bond donors (Lipinski definition) is 1. The summed E-state index contributed by atoms with van der Waals surface area (Å²) in [4.78, 5) is 10.1. The summed E-state index contributed by atoms with van der Waals surface area (Å²) in [5, 5.41) is 3.60. The molecule has 0 saturated carbocycles. The summed E-state index contributed by atoms with van der Waals surface area (Å²) in [7, 11) is 0. The van der Waals surface area contributed by atoms with Crippen LogP contribution in [0.15, 0.2) is 41.6 Å². The largest absolute Gasteiger partial charge is 0.304 e. The molecule has 0 radical (unpaired) electrons. The first-order chi connectivity index (χ1) is 9.33. The molecule has 4 heteroatoms. The lowest BCUT2D eigenvalue weighted by Crippen LogP contribution is -2.24. The third-order valence-corrected chi connectivity index (χ3v) is 4.45. The van der Waals surface area contributed by atoms with Crippen molar-refractivity contribution in [2.24, 2.45) is 0 Å². The van der Waals surface area contributed by atoms with Crippen LogP contribution in [0.4, 0.5) is 0 Å². The molecule has 1 atom stereocenters. The predicted molar refractivity (Wildman–Crippen MR) is 78.1 cm³/mol. The minimum Gasteiger partial charge on any atom is -0.304 e. The molecule has 0 saturated heterocycles. The average Bonchev–Trinajstić information content (AvgIpc) is 2.47. The van der Waals surface area contributed by atoms with Crippen LogP contribution in [0.5, 0.6) is 0 Å². The third kappa shape index (κ3) is 2.96. The third-order valence-electron chi connectivity index (χ3n) is 3.32. The lowest BCUT2D eigenvalue weighted by atomic mass is 10.0. The van der Waals surface area contributed by atoms with E-state index in [1.54, 1.807) is 0 Å².